The Hall–Kier alpha value is -2.82. The maximum atomic E-state index is 12.3. The van der Waals surface area contributed by atoms with Crippen LogP contribution in [0.4, 0.5) is 13.2 Å². The molecule has 2 aromatic rings. The highest BCUT2D eigenvalue weighted by Crippen LogP contribution is 2.43. The van der Waals surface area contributed by atoms with E-state index in [2.05, 4.69) is 20.0 Å². The molecule has 0 saturated heterocycles. The molecule has 1 aliphatic carbocycles. The van der Waals surface area contributed by atoms with Crippen LogP contribution in [0.1, 0.15) is 26.2 Å². The molecular weight excluding hydrogens is 417 g/mol. The predicted molar refractivity (Wildman–Crippen MR) is 104 cm³/mol. The smallest absolute Gasteiger partial charge is 0.493 e. The van der Waals surface area contributed by atoms with Crippen molar-refractivity contribution in [2.75, 3.05) is 13.2 Å². The summed E-state index contributed by atoms with van der Waals surface area (Å²) in [5.41, 5.74) is 0.118. The predicted octanol–water partition coefficient (Wildman–Crippen LogP) is 3.50. The van der Waals surface area contributed by atoms with Crippen molar-refractivity contribution in [2.45, 2.75) is 39.1 Å². The Kier molecular flexibility index (Phi) is 7.04. The van der Waals surface area contributed by atoms with Gasteiger partial charge in [0.2, 0.25) is 0 Å². The van der Waals surface area contributed by atoms with Crippen LogP contribution in [0.2, 0.25) is 0 Å². The molecule has 2 N–H and O–H groups in total. The summed E-state index contributed by atoms with van der Waals surface area (Å²) >= 11 is 0. The number of nitrogens with zero attached hydrogens (tertiary/aromatic N) is 4. The Labute approximate surface area is 177 Å². The average molecular weight is 442 g/mol. The van der Waals surface area contributed by atoms with Crippen LogP contribution in [0, 0.1) is 17.3 Å². The number of aromatic nitrogens is 3. The van der Waals surface area contributed by atoms with Gasteiger partial charge >= 0.3 is 6.36 Å². The van der Waals surface area contributed by atoms with Crippen molar-refractivity contribution in [3.8, 4) is 11.5 Å². The Bertz CT molecular complexity index is 858. The third kappa shape index (κ3) is 5.87. The summed E-state index contributed by atoms with van der Waals surface area (Å²) in [6.07, 6.45) is 0.165. The molecule has 8 nitrogen and oxygen atoms in total. The van der Waals surface area contributed by atoms with Gasteiger partial charge in [-0.05, 0) is 43.5 Å². The van der Waals surface area contributed by atoms with Crippen LogP contribution in [-0.2, 0) is 6.54 Å². The van der Waals surface area contributed by atoms with Crippen molar-refractivity contribution in [3.05, 3.63) is 36.9 Å². The van der Waals surface area contributed by atoms with Crippen LogP contribution in [0.3, 0.4) is 0 Å². The highest BCUT2D eigenvalue weighted by atomic mass is 19.4. The normalized spacial score (nSPS) is 25.5. The summed E-state index contributed by atoms with van der Waals surface area (Å²) in [5.74, 6) is -0.172. The van der Waals surface area contributed by atoms with Crippen LogP contribution < -0.4 is 9.47 Å². The second-order valence-electron chi connectivity index (χ2n) is 7.87. The Morgan fingerprint density at radius 3 is 2.55 bits per heavy atom. The maximum absolute atomic E-state index is 12.3. The molecule has 1 aromatic heterocycles. The molecule has 1 heterocycles. The Morgan fingerprint density at radius 1 is 1.26 bits per heavy atom. The highest BCUT2D eigenvalue weighted by molar-refractivity contribution is 5.92. The van der Waals surface area contributed by atoms with Crippen LogP contribution in [0.5, 0.6) is 11.5 Å². The van der Waals surface area contributed by atoms with E-state index in [0.717, 1.165) is 6.42 Å². The fourth-order valence-electron chi connectivity index (χ4n) is 4.10. The summed E-state index contributed by atoms with van der Waals surface area (Å²) < 4.78 is 48.3. The van der Waals surface area contributed by atoms with Crippen LogP contribution in [-0.4, -0.2) is 50.4 Å². The van der Waals surface area contributed by atoms with E-state index < -0.39 is 11.8 Å². The fourth-order valence-corrected chi connectivity index (χ4v) is 4.10. The number of hydrogen-bond acceptors (Lipinski definition) is 7. The minimum atomic E-state index is -4.75. The summed E-state index contributed by atoms with van der Waals surface area (Å²) in [4.78, 5) is 3.95. The van der Waals surface area contributed by atoms with Gasteiger partial charge in [0.25, 0.3) is 0 Å². The third-order valence-corrected chi connectivity index (χ3v) is 5.75. The Balaban J connectivity index is 1.72. The van der Waals surface area contributed by atoms with Gasteiger partial charge in [-0.25, -0.2) is 4.98 Å². The molecule has 1 aromatic carbocycles. The van der Waals surface area contributed by atoms with Gasteiger partial charge in [-0.1, -0.05) is 12.1 Å². The average Bonchev–Trinajstić information content (AvgIpc) is 3.21. The first-order valence-corrected chi connectivity index (χ1v) is 9.88. The molecule has 0 amide bonds. The first-order valence-electron chi connectivity index (χ1n) is 9.88. The SMILES string of the molecule is C[C@@]1(CCO)CC[C@@H](COc2ccc(OC(F)(F)F)cc2)[C@H](Cn2cncn2)C1=NO. The molecule has 31 heavy (non-hydrogen) atoms. The standard InChI is InChI=1S/C20H25F3N4O4/c1-19(8-9-28)7-6-14(17(18(19)26-29)10-27-13-24-12-25-27)11-30-15-2-4-16(5-3-15)31-20(21,22)23/h2-5,12-14,17,28-29H,6-11H2,1H3/t14-,17-,19-/m0/s1. The lowest BCUT2D eigenvalue weighted by Gasteiger charge is -2.43. The summed E-state index contributed by atoms with van der Waals surface area (Å²) in [5, 5.41) is 27.0. The lowest BCUT2D eigenvalue weighted by Crippen LogP contribution is -2.46. The van der Waals surface area contributed by atoms with Gasteiger partial charge in [0.1, 0.15) is 24.2 Å². The molecule has 170 valence electrons. The molecule has 1 aliphatic rings. The zero-order chi connectivity index (χ0) is 22.5. The minimum absolute atomic E-state index is 0.0287. The first-order chi connectivity index (χ1) is 14.7. The second kappa shape index (κ2) is 9.54. The van der Waals surface area contributed by atoms with Gasteiger partial charge < -0.3 is 19.8 Å². The quantitative estimate of drug-likeness (QED) is 0.479. The molecule has 1 saturated carbocycles. The number of hydrogen-bond donors (Lipinski definition) is 2. The topological polar surface area (TPSA) is 102 Å². The van der Waals surface area contributed by atoms with E-state index in [9.17, 15) is 23.5 Å². The van der Waals surface area contributed by atoms with E-state index in [1.807, 2.05) is 6.92 Å². The number of benzene rings is 1. The molecule has 0 aliphatic heterocycles. The van der Waals surface area contributed by atoms with E-state index in [1.165, 1.54) is 30.6 Å². The zero-order valence-electron chi connectivity index (χ0n) is 17.0. The molecule has 1 fully saturated rings. The van der Waals surface area contributed by atoms with Gasteiger partial charge in [0.15, 0.2) is 0 Å². The number of ether oxygens (including phenoxy) is 2. The lowest BCUT2D eigenvalue weighted by atomic mass is 9.63. The molecule has 11 heteroatoms. The van der Waals surface area contributed by atoms with Crippen molar-refractivity contribution in [2.24, 2.45) is 22.4 Å². The molecular formula is C20H25F3N4O4. The summed E-state index contributed by atoms with van der Waals surface area (Å²) in [6, 6.07) is 5.20. The molecule has 3 rings (SSSR count). The molecule has 0 unspecified atom stereocenters. The van der Waals surface area contributed by atoms with Crippen molar-refractivity contribution in [3.63, 3.8) is 0 Å². The van der Waals surface area contributed by atoms with Gasteiger partial charge in [0, 0.05) is 23.9 Å². The maximum Gasteiger partial charge on any atom is 0.573 e. The largest absolute Gasteiger partial charge is 0.573 e. The number of oxime groups is 1. The zero-order valence-corrected chi connectivity index (χ0v) is 17.0. The second-order valence-corrected chi connectivity index (χ2v) is 7.87. The van der Waals surface area contributed by atoms with E-state index in [1.54, 1.807) is 11.0 Å². The highest BCUT2D eigenvalue weighted by Gasteiger charge is 2.44. The third-order valence-electron chi connectivity index (χ3n) is 5.75. The van der Waals surface area contributed by atoms with Crippen LogP contribution in [0.25, 0.3) is 0 Å². The monoisotopic (exact) mass is 442 g/mol. The first kappa shape index (κ1) is 22.9. The van der Waals surface area contributed by atoms with Crippen molar-refractivity contribution >= 4 is 5.71 Å². The van der Waals surface area contributed by atoms with Crippen molar-refractivity contribution < 1.29 is 33.0 Å². The molecule has 0 spiro atoms. The van der Waals surface area contributed by atoms with Crippen molar-refractivity contribution in [1.29, 1.82) is 0 Å². The number of rotatable bonds is 8. The van der Waals surface area contributed by atoms with E-state index in [4.69, 9.17) is 4.74 Å². The summed E-state index contributed by atoms with van der Waals surface area (Å²) in [7, 11) is 0. The minimum Gasteiger partial charge on any atom is -0.493 e. The van der Waals surface area contributed by atoms with Gasteiger partial charge in [-0.2, -0.15) is 5.10 Å². The van der Waals surface area contributed by atoms with Crippen LogP contribution >= 0.6 is 0 Å². The summed E-state index contributed by atoms with van der Waals surface area (Å²) in [6.45, 7) is 2.63. The number of aliphatic hydroxyl groups is 1. The molecule has 0 radical (unpaired) electrons. The Morgan fingerprint density at radius 2 is 1.97 bits per heavy atom. The van der Waals surface area contributed by atoms with Gasteiger partial charge in [-0.3, -0.25) is 4.68 Å². The van der Waals surface area contributed by atoms with E-state index in [0.29, 0.717) is 30.8 Å². The van der Waals surface area contributed by atoms with E-state index >= 15 is 0 Å². The van der Waals surface area contributed by atoms with Gasteiger partial charge in [0.05, 0.1) is 18.9 Å². The lowest BCUT2D eigenvalue weighted by molar-refractivity contribution is -0.274. The van der Waals surface area contributed by atoms with E-state index in [-0.39, 0.29) is 30.8 Å². The fraction of sp³-hybridized carbons (Fsp3) is 0.550. The molecule has 3 atom stereocenters. The number of halogens is 3. The molecule has 0 bridgehead atoms. The van der Waals surface area contributed by atoms with Crippen LogP contribution in [0.15, 0.2) is 42.1 Å². The number of alkyl halides is 3. The number of aliphatic hydroxyl groups excluding tert-OH is 1. The van der Waals surface area contributed by atoms with Crippen molar-refractivity contribution in [1.82, 2.24) is 14.8 Å². The van der Waals surface area contributed by atoms with Gasteiger partial charge in [-0.15, -0.1) is 13.2 Å².